The number of amides is 1. The summed E-state index contributed by atoms with van der Waals surface area (Å²) in [5.41, 5.74) is 2.78. The minimum atomic E-state index is -0.0135. The van der Waals surface area contributed by atoms with Crippen LogP contribution in [0.5, 0.6) is 0 Å². The fourth-order valence-electron chi connectivity index (χ4n) is 1.54. The smallest absolute Gasteiger partial charge is 0.226 e. The molecule has 0 unspecified atom stereocenters. The van der Waals surface area contributed by atoms with E-state index in [1.807, 2.05) is 56.3 Å². The van der Waals surface area contributed by atoms with Gasteiger partial charge in [-0.2, -0.15) is 0 Å². The number of carbonyl (C=O) groups excluding carboxylic acids is 1. The molecule has 0 saturated heterocycles. The zero-order valence-electron chi connectivity index (χ0n) is 10.6. The number of nitrogens with one attached hydrogen (secondary N) is 1. The first-order chi connectivity index (χ1) is 8.66. The van der Waals surface area contributed by atoms with Gasteiger partial charge in [-0.1, -0.05) is 32.0 Å². The first kappa shape index (κ1) is 12.3. The molecule has 0 aliphatic heterocycles. The Morgan fingerprint density at radius 3 is 2.39 bits per heavy atom. The second-order valence-corrected chi connectivity index (χ2v) is 4.44. The lowest BCUT2D eigenvalue weighted by atomic mass is 10.1. The van der Waals surface area contributed by atoms with Gasteiger partial charge in [0.2, 0.25) is 5.91 Å². The summed E-state index contributed by atoms with van der Waals surface area (Å²) >= 11 is 0. The average molecular weight is 240 g/mol. The molecular weight excluding hydrogens is 224 g/mol. The summed E-state index contributed by atoms with van der Waals surface area (Å²) < 4.78 is 0. The lowest BCUT2D eigenvalue weighted by Gasteiger charge is -2.08. The zero-order valence-corrected chi connectivity index (χ0v) is 10.6. The lowest BCUT2D eigenvalue weighted by Crippen LogP contribution is -2.17. The molecule has 0 bridgehead atoms. The molecule has 3 heteroatoms. The lowest BCUT2D eigenvalue weighted by molar-refractivity contribution is -0.118. The van der Waals surface area contributed by atoms with Crippen LogP contribution in [0.2, 0.25) is 0 Å². The minimum absolute atomic E-state index is 0.0135. The topological polar surface area (TPSA) is 42.0 Å². The van der Waals surface area contributed by atoms with Crippen LogP contribution in [0.4, 0.5) is 5.69 Å². The van der Waals surface area contributed by atoms with E-state index < -0.39 is 0 Å². The number of hydrogen-bond donors (Lipinski definition) is 1. The molecule has 18 heavy (non-hydrogen) atoms. The molecule has 0 aliphatic carbocycles. The zero-order chi connectivity index (χ0) is 13.0. The van der Waals surface area contributed by atoms with Crippen LogP contribution < -0.4 is 5.32 Å². The van der Waals surface area contributed by atoms with Crippen LogP contribution in [-0.2, 0) is 4.79 Å². The fraction of sp³-hybridized carbons (Fsp3) is 0.200. The molecule has 0 fully saturated rings. The van der Waals surface area contributed by atoms with Crippen LogP contribution in [0.3, 0.4) is 0 Å². The van der Waals surface area contributed by atoms with Gasteiger partial charge in [0, 0.05) is 23.4 Å². The van der Waals surface area contributed by atoms with Crippen molar-refractivity contribution in [1.82, 2.24) is 4.98 Å². The third-order valence-corrected chi connectivity index (χ3v) is 2.64. The molecule has 92 valence electrons. The molecule has 1 aromatic heterocycles. The van der Waals surface area contributed by atoms with Crippen molar-refractivity contribution in [3.05, 3.63) is 48.7 Å². The van der Waals surface area contributed by atoms with Gasteiger partial charge in [0.1, 0.15) is 0 Å². The Kier molecular flexibility index (Phi) is 3.72. The number of pyridine rings is 1. The highest BCUT2D eigenvalue weighted by Gasteiger charge is 2.06. The Labute approximate surface area is 107 Å². The summed E-state index contributed by atoms with van der Waals surface area (Å²) in [6.07, 6.45) is 1.77. The SMILES string of the molecule is CC(C)C(=O)Nc1ccc(-c2ccccn2)cc1. The number of benzene rings is 1. The molecule has 1 aromatic carbocycles. The summed E-state index contributed by atoms with van der Waals surface area (Å²) in [6, 6.07) is 13.5. The largest absolute Gasteiger partial charge is 0.326 e. The third kappa shape index (κ3) is 2.94. The maximum absolute atomic E-state index is 11.5. The van der Waals surface area contributed by atoms with Crippen LogP contribution in [0.25, 0.3) is 11.3 Å². The Bertz CT molecular complexity index is 518. The van der Waals surface area contributed by atoms with E-state index in [-0.39, 0.29) is 11.8 Å². The van der Waals surface area contributed by atoms with Crippen LogP contribution >= 0.6 is 0 Å². The molecule has 1 heterocycles. The van der Waals surface area contributed by atoms with Gasteiger partial charge in [0.05, 0.1) is 5.69 Å². The minimum Gasteiger partial charge on any atom is -0.326 e. The summed E-state index contributed by atoms with van der Waals surface area (Å²) in [7, 11) is 0. The molecule has 1 amide bonds. The highest BCUT2D eigenvalue weighted by Crippen LogP contribution is 2.19. The molecule has 0 aliphatic rings. The van der Waals surface area contributed by atoms with Crippen molar-refractivity contribution in [3.8, 4) is 11.3 Å². The Morgan fingerprint density at radius 1 is 1.11 bits per heavy atom. The molecule has 0 atom stereocenters. The highest BCUT2D eigenvalue weighted by molar-refractivity contribution is 5.92. The molecule has 2 aromatic rings. The van der Waals surface area contributed by atoms with Crippen molar-refractivity contribution in [1.29, 1.82) is 0 Å². The van der Waals surface area contributed by atoms with E-state index in [4.69, 9.17) is 0 Å². The van der Waals surface area contributed by atoms with Gasteiger partial charge in [-0.3, -0.25) is 9.78 Å². The molecule has 0 radical (unpaired) electrons. The van der Waals surface area contributed by atoms with Crippen molar-refractivity contribution >= 4 is 11.6 Å². The number of aromatic nitrogens is 1. The average Bonchev–Trinajstić information content (AvgIpc) is 2.40. The molecule has 0 spiro atoms. The highest BCUT2D eigenvalue weighted by atomic mass is 16.1. The van der Waals surface area contributed by atoms with Gasteiger partial charge in [-0.05, 0) is 24.3 Å². The Balaban J connectivity index is 2.13. The first-order valence-corrected chi connectivity index (χ1v) is 5.99. The fourth-order valence-corrected chi connectivity index (χ4v) is 1.54. The first-order valence-electron chi connectivity index (χ1n) is 5.99. The van der Waals surface area contributed by atoms with Crippen LogP contribution in [0.15, 0.2) is 48.7 Å². The Morgan fingerprint density at radius 2 is 1.83 bits per heavy atom. The number of carbonyl (C=O) groups is 1. The monoisotopic (exact) mass is 240 g/mol. The van der Waals surface area contributed by atoms with Crippen LogP contribution in [-0.4, -0.2) is 10.9 Å². The predicted molar refractivity (Wildman–Crippen MR) is 73.1 cm³/mol. The van der Waals surface area contributed by atoms with Crippen molar-refractivity contribution in [2.45, 2.75) is 13.8 Å². The van der Waals surface area contributed by atoms with Crippen LogP contribution in [0.1, 0.15) is 13.8 Å². The standard InChI is InChI=1S/C15H16N2O/c1-11(2)15(18)17-13-8-6-12(7-9-13)14-5-3-4-10-16-14/h3-11H,1-2H3,(H,17,18). The molecule has 1 N–H and O–H groups in total. The molecule has 2 rings (SSSR count). The Hall–Kier alpha value is -2.16. The number of rotatable bonds is 3. The van der Waals surface area contributed by atoms with Gasteiger partial charge in [0.15, 0.2) is 0 Å². The van der Waals surface area contributed by atoms with Crippen LogP contribution in [0, 0.1) is 5.92 Å². The van der Waals surface area contributed by atoms with Gasteiger partial charge < -0.3 is 5.32 Å². The summed E-state index contributed by atoms with van der Waals surface area (Å²) in [5, 5.41) is 2.86. The molecule has 0 saturated carbocycles. The van der Waals surface area contributed by atoms with E-state index in [2.05, 4.69) is 10.3 Å². The summed E-state index contributed by atoms with van der Waals surface area (Å²) in [4.78, 5) is 15.8. The second-order valence-electron chi connectivity index (χ2n) is 4.44. The third-order valence-electron chi connectivity index (χ3n) is 2.64. The van der Waals surface area contributed by atoms with E-state index in [0.29, 0.717) is 0 Å². The van der Waals surface area contributed by atoms with Gasteiger partial charge in [-0.25, -0.2) is 0 Å². The van der Waals surface area contributed by atoms with Crippen molar-refractivity contribution in [3.63, 3.8) is 0 Å². The maximum atomic E-state index is 11.5. The quantitative estimate of drug-likeness (QED) is 0.894. The second kappa shape index (κ2) is 5.45. The van der Waals surface area contributed by atoms with Gasteiger partial charge >= 0.3 is 0 Å². The maximum Gasteiger partial charge on any atom is 0.226 e. The van der Waals surface area contributed by atoms with Crippen molar-refractivity contribution < 1.29 is 4.79 Å². The molecular formula is C15H16N2O. The van der Waals surface area contributed by atoms with Gasteiger partial charge in [0.25, 0.3) is 0 Å². The molecule has 3 nitrogen and oxygen atoms in total. The van der Waals surface area contributed by atoms with E-state index in [1.54, 1.807) is 6.20 Å². The predicted octanol–water partition coefficient (Wildman–Crippen LogP) is 3.34. The van der Waals surface area contributed by atoms with E-state index in [0.717, 1.165) is 16.9 Å². The van der Waals surface area contributed by atoms with Crippen molar-refractivity contribution in [2.75, 3.05) is 5.32 Å². The van der Waals surface area contributed by atoms with Gasteiger partial charge in [-0.15, -0.1) is 0 Å². The normalized spacial score (nSPS) is 10.4. The van der Waals surface area contributed by atoms with E-state index in [1.165, 1.54) is 0 Å². The summed E-state index contributed by atoms with van der Waals surface area (Å²) in [5.74, 6) is 0.0149. The van der Waals surface area contributed by atoms with E-state index >= 15 is 0 Å². The number of hydrogen-bond acceptors (Lipinski definition) is 2. The summed E-state index contributed by atoms with van der Waals surface area (Å²) in [6.45, 7) is 3.75. The van der Waals surface area contributed by atoms with E-state index in [9.17, 15) is 4.79 Å². The number of anilines is 1. The van der Waals surface area contributed by atoms with Crippen molar-refractivity contribution in [2.24, 2.45) is 5.92 Å². The number of nitrogens with zero attached hydrogens (tertiary/aromatic N) is 1.